The number of non-ortho nitro benzene ring substituents is 1. The number of unbranched alkanes of at least 4 members (excludes halogenated alkanes) is 1. The maximum Gasteiger partial charge on any atom is 0.330 e. The number of nitrogens with zero attached hydrogens (tertiary/aromatic N) is 3. The van der Waals surface area contributed by atoms with Gasteiger partial charge in [-0.3, -0.25) is 29.3 Å². The molecular weight excluding hydrogens is 378 g/mol. The number of benzene rings is 1. The summed E-state index contributed by atoms with van der Waals surface area (Å²) in [6, 6.07) is 5.26. The molecule has 0 aliphatic heterocycles. The van der Waals surface area contributed by atoms with Gasteiger partial charge in [0.2, 0.25) is 0 Å². The molecule has 29 heavy (non-hydrogen) atoms. The number of aromatic nitrogens is 2. The minimum Gasteiger partial charge on any atom is -0.383 e. The van der Waals surface area contributed by atoms with Crippen LogP contribution in [-0.2, 0) is 6.54 Å². The molecule has 1 heterocycles. The summed E-state index contributed by atoms with van der Waals surface area (Å²) >= 11 is 0. The summed E-state index contributed by atoms with van der Waals surface area (Å²) in [5.41, 5.74) is 4.40. The van der Waals surface area contributed by atoms with Gasteiger partial charge >= 0.3 is 5.69 Å². The first-order valence-electron chi connectivity index (χ1n) is 9.36. The zero-order valence-electron chi connectivity index (χ0n) is 16.7. The molecule has 1 amide bonds. The molecule has 0 aliphatic carbocycles. The second kappa shape index (κ2) is 9.18. The number of nitro groups is 1. The molecule has 0 bridgehead atoms. The van der Waals surface area contributed by atoms with Crippen LogP contribution in [0.1, 0.15) is 44.0 Å². The van der Waals surface area contributed by atoms with Gasteiger partial charge in [0.05, 0.1) is 4.92 Å². The van der Waals surface area contributed by atoms with Gasteiger partial charge in [0.25, 0.3) is 17.2 Å². The van der Waals surface area contributed by atoms with Gasteiger partial charge < -0.3 is 10.6 Å². The molecule has 0 fully saturated rings. The molecule has 3 N–H and O–H groups in total. The number of hydrogen-bond donors (Lipinski definition) is 2. The van der Waals surface area contributed by atoms with Gasteiger partial charge in [0, 0.05) is 30.8 Å². The van der Waals surface area contributed by atoms with Gasteiger partial charge in [-0.25, -0.2) is 4.79 Å². The largest absolute Gasteiger partial charge is 0.383 e. The number of nitrogen functional groups attached to an aromatic ring is 1. The fraction of sp³-hybridized carbons (Fsp3) is 0.421. The van der Waals surface area contributed by atoms with Crippen LogP contribution in [0.25, 0.3) is 0 Å². The highest BCUT2D eigenvalue weighted by Gasteiger charge is 2.26. The molecule has 0 unspecified atom stereocenters. The molecule has 10 nitrogen and oxygen atoms in total. The van der Waals surface area contributed by atoms with Gasteiger partial charge in [0.15, 0.2) is 5.69 Å². The molecule has 2 rings (SSSR count). The highest BCUT2D eigenvalue weighted by molar-refractivity contribution is 6.07. The number of carbonyl (C=O) groups excluding carboxylic acids is 1. The average Bonchev–Trinajstić information content (AvgIpc) is 2.67. The van der Waals surface area contributed by atoms with E-state index in [-0.39, 0.29) is 41.8 Å². The van der Waals surface area contributed by atoms with Crippen LogP contribution in [-0.4, -0.2) is 26.9 Å². The van der Waals surface area contributed by atoms with Crippen molar-refractivity contribution in [3.05, 3.63) is 60.8 Å². The number of anilines is 2. The first kappa shape index (κ1) is 21.9. The Kier molecular flexibility index (Phi) is 6.92. The first-order valence-corrected chi connectivity index (χ1v) is 9.36. The summed E-state index contributed by atoms with van der Waals surface area (Å²) in [5, 5.41) is 11.0. The Morgan fingerprint density at radius 2 is 2.03 bits per heavy atom. The lowest BCUT2D eigenvalue weighted by Gasteiger charge is -2.25. The topological polar surface area (TPSA) is 144 Å². The van der Waals surface area contributed by atoms with Crippen LogP contribution in [0.5, 0.6) is 0 Å². The molecule has 0 atom stereocenters. The lowest BCUT2D eigenvalue weighted by atomic mass is 10.1. The fourth-order valence-corrected chi connectivity index (χ4v) is 2.92. The highest BCUT2D eigenvalue weighted by atomic mass is 16.6. The smallest absolute Gasteiger partial charge is 0.330 e. The second-order valence-corrected chi connectivity index (χ2v) is 7.12. The molecule has 2 aromatic rings. The van der Waals surface area contributed by atoms with E-state index in [2.05, 4.69) is 4.98 Å². The van der Waals surface area contributed by atoms with E-state index in [1.807, 2.05) is 20.8 Å². The quantitative estimate of drug-likeness (QED) is 0.510. The van der Waals surface area contributed by atoms with E-state index in [4.69, 9.17) is 5.73 Å². The Morgan fingerprint density at radius 3 is 2.62 bits per heavy atom. The van der Waals surface area contributed by atoms with Crippen LogP contribution in [0, 0.1) is 16.0 Å². The van der Waals surface area contributed by atoms with Crippen molar-refractivity contribution >= 4 is 23.1 Å². The minimum atomic E-state index is -0.776. The fourth-order valence-electron chi connectivity index (χ4n) is 2.92. The van der Waals surface area contributed by atoms with E-state index in [1.54, 1.807) is 0 Å². The standard InChI is InChI=1S/C19H25N5O5/c1-4-5-9-22(18(26)13-7-6-8-14(10-13)24(28)29)15-16(20)23(11-12(2)3)19(27)21-17(15)25/h6-8,10,12H,4-5,9,11,20H2,1-3H3,(H,21,25,27). The van der Waals surface area contributed by atoms with E-state index in [1.165, 1.54) is 27.7 Å². The van der Waals surface area contributed by atoms with E-state index in [9.17, 15) is 24.5 Å². The van der Waals surface area contributed by atoms with E-state index >= 15 is 0 Å². The molecule has 1 aromatic carbocycles. The van der Waals surface area contributed by atoms with Crippen molar-refractivity contribution in [1.29, 1.82) is 0 Å². The maximum atomic E-state index is 13.2. The van der Waals surface area contributed by atoms with Gasteiger partial charge in [-0.05, 0) is 18.4 Å². The van der Waals surface area contributed by atoms with Crippen LogP contribution in [0.4, 0.5) is 17.2 Å². The van der Waals surface area contributed by atoms with Crippen LogP contribution in [0.2, 0.25) is 0 Å². The van der Waals surface area contributed by atoms with Crippen LogP contribution < -0.4 is 21.9 Å². The lowest BCUT2D eigenvalue weighted by molar-refractivity contribution is -0.384. The second-order valence-electron chi connectivity index (χ2n) is 7.12. The summed E-state index contributed by atoms with van der Waals surface area (Å²) in [5.74, 6) is -0.637. The number of nitro benzene ring substituents is 1. The molecule has 0 aliphatic rings. The SMILES string of the molecule is CCCCN(C(=O)c1cccc([N+](=O)[O-])c1)c1c(N)n(CC(C)C)c(=O)[nH]c1=O. The monoisotopic (exact) mass is 403 g/mol. The number of hydrogen-bond acceptors (Lipinski definition) is 6. The Bertz CT molecular complexity index is 1020. The van der Waals surface area contributed by atoms with Gasteiger partial charge in [-0.15, -0.1) is 0 Å². The minimum absolute atomic E-state index is 0.0516. The summed E-state index contributed by atoms with van der Waals surface area (Å²) in [6.07, 6.45) is 1.31. The molecule has 0 saturated heterocycles. The van der Waals surface area contributed by atoms with Gasteiger partial charge in [-0.2, -0.15) is 0 Å². The summed E-state index contributed by atoms with van der Waals surface area (Å²) in [7, 11) is 0. The lowest BCUT2D eigenvalue weighted by Crippen LogP contribution is -2.42. The average molecular weight is 403 g/mol. The summed E-state index contributed by atoms with van der Waals surface area (Å²) in [6.45, 7) is 6.13. The number of nitrogens with two attached hydrogens (primary N) is 1. The van der Waals surface area contributed by atoms with Crippen molar-refractivity contribution in [2.75, 3.05) is 17.2 Å². The van der Waals surface area contributed by atoms with Crippen molar-refractivity contribution in [2.24, 2.45) is 5.92 Å². The normalized spacial score (nSPS) is 10.9. The van der Waals surface area contributed by atoms with Crippen LogP contribution in [0.15, 0.2) is 33.9 Å². The third-order valence-electron chi connectivity index (χ3n) is 4.32. The van der Waals surface area contributed by atoms with Gasteiger partial charge in [0.1, 0.15) is 5.82 Å². The molecule has 156 valence electrons. The van der Waals surface area contributed by atoms with E-state index in [0.717, 1.165) is 12.5 Å². The Morgan fingerprint density at radius 1 is 1.34 bits per heavy atom. The van der Waals surface area contributed by atoms with E-state index in [0.29, 0.717) is 6.42 Å². The zero-order valence-corrected chi connectivity index (χ0v) is 16.7. The van der Waals surface area contributed by atoms with Crippen molar-refractivity contribution in [2.45, 2.75) is 40.2 Å². The van der Waals surface area contributed by atoms with Gasteiger partial charge in [-0.1, -0.05) is 33.3 Å². The first-order chi connectivity index (χ1) is 13.7. The van der Waals surface area contributed by atoms with Crippen molar-refractivity contribution in [1.82, 2.24) is 9.55 Å². The molecule has 0 saturated carbocycles. The number of H-pyrrole nitrogens is 1. The van der Waals surface area contributed by atoms with Crippen LogP contribution in [0.3, 0.4) is 0 Å². The van der Waals surface area contributed by atoms with Crippen molar-refractivity contribution in [3.63, 3.8) is 0 Å². The maximum absolute atomic E-state index is 13.2. The summed E-state index contributed by atoms with van der Waals surface area (Å²) < 4.78 is 1.22. The molecule has 1 aromatic heterocycles. The van der Waals surface area contributed by atoms with Crippen LogP contribution >= 0.6 is 0 Å². The number of rotatable bonds is 8. The highest BCUT2D eigenvalue weighted by Crippen LogP contribution is 2.22. The predicted molar refractivity (Wildman–Crippen MR) is 110 cm³/mol. The Hall–Kier alpha value is -3.43. The zero-order chi connectivity index (χ0) is 21.7. The number of aromatic amines is 1. The predicted octanol–water partition coefficient (Wildman–Crippen LogP) is 2.13. The molecule has 0 radical (unpaired) electrons. The Balaban J connectivity index is 2.62. The molecular formula is C19H25N5O5. The molecule has 10 heteroatoms. The number of nitrogens with one attached hydrogen (secondary N) is 1. The number of carbonyl (C=O) groups is 1. The Labute approximate surface area is 167 Å². The third-order valence-corrected chi connectivity index (χ3v) is 4.32. The molecule has 0 spiro atoms. The van der Waals surface area contributed by atoms with Crippen molar-refractivity contribution in [3.8, 4) is 0 Å². The van der Waals surface area contributed by atoms with E-state index < -0.39 is 22.1 Å². The van der Waals surface area contributed by atoms with Crippen molar-refractivity contribution < 1.29 is 9.72 Å². The number of amides is 1. The summed E-state index contributed by atoms with van der Waals surface area (Å²) in [4.78, 5) is 51.8. The third kappa shape index (κ3) is 4.89.